The number of aromatic hydroxyl groups is 1. The van der Waals surface area contributed by atoms with Crippen molar-refractivity contribution in [1.82, 2.24) is 0 Å². The molecule has 0 fully saturated rings. The molecule has 0 spiro atoms. The Labute approximate surface area is 123 Å². The number of nitrogen functional groups attached to an aromatic ring is 1. The molecule has 0 aliphatic rings. The zero-order valence-electron chi connectivity index (χ0n) is 11.8. The monoisotopic (exact) mass is 286 g/mol. The van der Waals surface area contributed by atoms with Crippen LogP contribution in [0.25, 0.3) is 0 Å². The summed E-state index contributed by atoms with van der Waals surface area (Å²) in [6, 6.07) is 13.6. The molecule has 5 heteroatoms. The highest BCUT2D eigenvalue weighted by Crippen LogP contribution is 2.19. The van der Waals surface area contributed by atoms with Crippen molar-refractivity contribution >= 4 is 17.3 Å². The summed E-state index contributed by atoms with van der Waals surface area (Å²) in [6.07, 6.45) is 0.247. The Balaban J connectivity index is 1.85. The molecule has 0 bridgehead atoms. The molecule has 0 aliphatic heterocycles. The van der Waals surface area contributed by atoms with Gasteiger partial charge in [0.15, 0.2) is 0 Å². The number of rotatable bonds is 5. The number of nitrogens with zero attached hydrogens (tertiary/aromatic N) is 1. The van der Waals surface area contributed by atoms with Crippen LogP contribution in [0.3, 0.4) is 0 Å². The Kier molecular flexibility index (Phi) is 4.66. The van der Waals surface area contributed by atoms with E-state index >= 15 is 0 Å². The molecule has 3 N–H and O–H groups in total. The lowest BCUT2D eigenvalue weighted by molar-refractivity contribution is -0.118. The van der Waals surface area contributed by atoms with Crippen molar-refractivity contribution < 1.29 is 14.6 Å². The first-order valence-electron chi connectivity index (χ1n) is 6.60. The molecule has 0 atom stereocenters. The summed E-state index contributed by atoms with van der Waals surface area (Å²) in [5.74, 6) is 0.721. The van der Waals surface area contributed by atoms with Crippen molar-refractivity contribution in [3.05, 3.63) is 48.5 Å². The van der Waals surface area contributed by atoms with Gasteiger partial charge < -0.3 is 20.5 Å². The van der Waals surface area contributed by atoms with E-state index in [-0.39, 0.29) is 24.7 Å². The molecule has 0 aromatic heterocycles. The molecule has 0 aliphatic carbocycles. The number of carbonyl (C=O) groups excluding carboxylic acids is 1. The lowest BCUT2D eigenvalue weighted by Crippen LogP contribution is -2.27. The molecule has 0 saturated carbocycles. The third-order valence-electron chi connectivity index (χ3n) is 3.06. The molecule has 2 rings (SSSR count). The van der Waals surface area contributed by atoms with Gasteiger partial charge in [-0.1, -0.05) is 6.07 Å². The van der Waals surface area contributed by atoms with Crippen LogP contribution in [0.5, 0.6) is 11.5 Å². The number of amides is 1. The van der Waals surface area contributed by atoms with Crippen LogP contribution in [0.1, 0.15) is 6.42 Å². The van der Waals surface area contributed by atoms with Gasteiger partial charge in [0.1, 0.15) is 11.5 Å². The first kappa shape index (κ1) is 14.7. The molecule has 21 heavy (non-hydrogen) atoms. The fraction of sp³-hybridized carbons (Fsp3) is 0.188. The van der Waals surface area contributed by atoms with Crippen molar-refractivity contribution in [3.8, 4) is 11.5 Å². The van der Waals surface area contributed by atoms with E-state index in [1.54, 1.807) is 55.6 Å². The fourth-order valence-corrected chi connectivity index (χ4v) is 1.83. The van der Waals surface area contributed by atoms with Gasteiger partial charge in [0.2, 0.25) is 5.91 Å². The number of phenolic OH excluding ortho intramolecular Hbond substituents is 1. The zero-order valence-corrected chi connectivity index (χ0v) is 11.8. The molecule has 0 radical (unpaired) electrons. The van der Waals surface area contributed by atoms with Crippen LogP contribution < -0.4 is 15.4 Å². The standard InChI is InChI=1S/C16H18N2O3/c1-18(13-3-2-4-14(19)11-13)16(20)9-10-21-15-7-5-12(17)6-8-15/h2-8,11,19H,9-10,17H2,1H3. The molecule has 1 amide bonds. The second-order valence-electron chi connectivity index (χ2n) is 4.64. The van der Waals surface area contributed by atoms with Gasteiger partial charge in [-0.15, -0.1) is 0 Å². The predicted molar refractivity (Wildman–Crippen MR) is 82.5 cm³/mol. The van der Waals surface area contributed by atoms with Gasteiger partial charge in [0, 0.05) is 24.5 Å². The van der Waals surface area contributed by atoms with E-state index in [1.807, 2.05) is 0 Å². The Morgan fingerprint density at radius 2 is 1.95 bits per heavy atom. The molecule has 2 aromatic carbocycles. The topological polar surface area (TPSA) is 75.8 Å². The highest BCUT2D eigenvalue weighted by molar-refractivity contribution is 5.93. The van der Waals surface area contributed by atoms with E-state index in [9.17, 15) is 9.90 Å². The lowest BCUT2D eigenvalue weighted by Gasteiger charge is -2.17. The fourth-order valence-electron chi connectivity index (χ4n) is 1.83. The number of phenols is 1. The maximum atomic E-state index is 12.0. The van der Waals surface area contributed by atoms with Crippen LogP contribution in [0.2, 0.25) is 0 Å². The quantitative estimate of drug-likeness (QED) is 0.828. The minimum atomic E-state index is -0.0870. The Bertz CT molecular complexity index is 611. The summed E-state index contributed by atoms with van der Waals surface area (Å²) < 4.78 is 5.49. The first-order valence-corrected chi connectivity index (χ1v) is 6.60. The van der Waals surface area contributed by atoms with Crippen LogP contribution >= 0.6 is 0 Å². The lowest BCUT2D eigenvalue weighted by atomic mass is 10.2. The first-order chi connectivity index (χ1) is 10.1. The van der Waals surface area contributed by atoms with Crippen LogP contribution in [-0.4, -0.2) is 24.7 Å². The van der Waals surface area contributed by atoms with Crippen molar-refractivity contribution in [3.63, 3.8) is 0 Å². The average Bonchev–Trinajstić information content (AvgIpc) is 2.48. The summed E-state index contributed by atoms with van der Waals surface area (Å²) in [7, 11) is 1.67. The molecule has 2 aromatic rings. The summed E-state index contributed by atoms with van der Waals surface area (Å²) in [4.78, 5) is 13.5. The van der Waals surface area contributed by atoms with Crippen molar-refractivity contribution in [2.75, 3.05) is 24.3 Å². The number of hydrogen-bond acceptors (Lipinski definition) is 4. The van der Waals surface area contributed by atoms with Gasteiger partial charge in [-0.2, -0.15) is 0 Å². The normalized spacial score (nSPS) is 10.1. The minimum absolute atomic E-state index is 0.0870. The summed E-state index contributed by atoms with van der Waals surface area (Å²) >= 11 is 0. The average molecular weight is 286 g/mol. The van der Waals surface area contributed by atoms with Crippen LogP contribution in [0.15, 0.2) is 48.5 Å². The van der Waals surface area contributed by atoms with Gasteiger partial charge >= 0.3 is 0 Å². The Hall–Kier alpha value is -2.69. The van der Waals surface area contributed by atoms with E-state index in [2.05, 4.69) is 0 Å². The van der Waals surface area contributed by atoms with E-state index < -0.39 is 0 Å². The van der Waals surface area contributed by atoms with E-state index in [1.165, 1.54) is 4.90 Å². The highest BCUT2D eigenvalue weighted by atomic mass is 16.5. The second-order valence-corrected chi connectivity index (χ2v) is 4.64. The van der Waals surface area contributed by atoms with E-state index in [4.69, 9.17) is 10.5 Å². The van der Waals surface area contributed by atoms with Gasteiger partial charge in [-0.25, -0.2) is 0 Å². The largest absolute Gasteiger partial charge is 0.508 e. The van der Waals surface area contributed by atoms with Crippen molar-refractivity contribution in [2.24, 2.45) is 0 Å². The third kappa shape index (κ3) is 4.14. The van der Waals surface area contributed by atoms with Crippen LogP contribution in [-0.2, 0) is 4.79 Å². The molecule has 5 nitrogen and oxygen atoms in total. The number of anilines is 2. The zero-order chi connectivity index (χ0) is 15.2. The molecule has 0 heterocycles. The maximum Gasteiger partial charge on any atom is 0.230 e. The number of nitrogens with two attached hydrogens (primary N) is 1. The van der Waals surface area contributed by atoms with Gasteiger partial charge in [0.05, 0.1) is 13.0 Å². The minimum Gasteiger partial charge on any atom is -0.508 e. The molecule has 0 saturated heterocycles. The molecular formula is C16H18N2O3. The maximum absolute atomic E-state index is 12.0. The summed E-state index contributed by atoms with van der Waals surface area (Å²) in [6.45, 7) is 0.284. The van der Waals surface area contributed by atoms with Crippen molar-refractivity contribution in [2.45, 2.75) is 6.42 Å². The van der Waals surface area contributed by atoms with Crippen molar-refractivity contribution in [1.29, 1.82) is 0 Å². The third-order valence-corrected chi connectivity index (χ3v) is 3.06. The summed E-state index contributed by atoms with van der Waals surface area (Å²) in [5, 5.41) is 9.42. The second kappa shape index (κ2) is 6.65. The van der Waals surface area contributed by atoms with Crippen LogP contribution in [0.4, 0.5) is 11.4 Å². The Morgan fingerprint density at radius 1 is 1.24 bits per heavy atom. The Morgan fingerprint density at radius 3 is 2.62 bits per heavy atom. The van der Waals surface area contributed by atoms with E-state index in [0.717, 1.165) is 0 Å². The SMILES string of the molecule is CN(C(=O)CCOc1ccc(N)cc1)c1cccc(O)c1. The van der Waals surface area contributed by atoms with Gasteiger partial charge in [0.25, 0.3) is 0 Å². The number of carbonyl (C=O) groups is 1. The van der Waals surface area contributed by atoms with E-state index in [0.29, 0.717) is 17.1 Å². The highest BCUT2D eigenvalue weighted by Gasteiger charge is 2.11. The number of hydrogen-bond donors (Lipinski definition) is 2. The smallest absolute Gasteiger partial charge is 0.230 e. The number of ether oxygens (including phenoxy) is 1. The van der Waals surface area contributed by atoms with Gasteiger partial charge in [-0.3, -0.25) is 4.79 Å². The predicted octanol–water partition coefficient (Wildman–Crippen LogP) is 2.41. The van der Waals surface area contributed by atoms with Crippen LogP contribution in [0, 0.1) is 0 Å². The molecule has 110 valence electrons. The molecule has 0 unspecified atom stereocenters. The number of benzene rings is 2. The molecular weight excluding hydrogens is 268 g/mol. The summed E-state index contributed by atoms with van der Waals surface area (Å²) in [5.41, 5.74) is 6.90. The van der Waals surface area contributed by atoms with Gasteiger partial charge in [-0.05, 0) is 36.4 Å².